The van der Waals surface area contributed by atoms with Crippen LogP contribution in [0.2, 0.25) is 5.02 Å². The molecule has 0 N–H and O–H groups in total. The molecular formula is C17H17ClO2S3. The third-order valence-corrected chi connectivity index (χ3v) is 6.42. The van der Waals surface area contributed by atoms with E-state index in [1.165, 1.54) is 5.56 Å². The minimum atomic E-state index is -1.04. The lowest BCUT2D eigenvalue weighted by Gasteiger charge is -2.02. The fourth-order valence-electron chi connectivity index (χ4n) is 1.73. The minimum absolute atomic E-state index is 0.502. The molecular weight excluding hydrogens is 368 g/mol. The maximum Gasteiger partial charge on any atom is 0.120 e. The third kappa shape index (κ3) is 6.63. The van der Waals surface area contributed by atoms with Crippen LogP contribution in [0.25, 0.3) is 0 Å². The lowest BCUT2D eigenvalue weighted by molar-refractivity contribution is 0.413. The fraction of sp³-hybridized carbons (Fsp3) is 0.176. The Balaban J connectivity index is 1.71. The van der Waals surface area contributed by atoms with Gasteiger partial charge in [-0.3, -0.25) is 4.21 Å². The van der Waals surface area contributed by atoms with Crippen molar-refractivity contribution in [3.05, 3.63) is 70.6 Å². The Morgan fingerprint density at radius 3 is 2.74 bits per heavy atom. The second kappa shape index (κ2) is 10.1. The van der Waals surface area contributed by atoms with Gasteiger partial charge in [0.05, 0.1) is 17.9 Å². The normalized spacial score (nSPS) is 12.4. The maximum atomic E-state index is 12.2. The molecule has 23 heavy (non-hydrogen) atoms. The van der Waals surface area contributed by atoms with E-state index in [4.69, 9.17) is 16.3 Å². The Labute approximate surface area is 152 Å². The van der Waals surface area contributed by atoms with Crippen molar-refractivity contribution < 1.29 is 8.95 Å². The zero-order chi connectivity index (χ0) is 16.5. The van der Waals surface area contributed by atoms with Crippen molar-refractivity contribution in [2.75, 3.05) is 12.9 Å². The molecule has 122 valence electrons. The summed E-state index contributed by atoms with van der Waals surface area (Å²) in [4.78, 5) is 0.785. The standard InChI is InChI=1S/C17H17ClO2S3/c1-20-16-4-2-5-17(12-16)23(19)11-3-10-21-22-13-14-6-8-15(18)9-7-14/h2-10,12H,11,13H2,1H3/b10-3+. The van der Waals surface area contributed by atoms with Gasteiger partial charge in [0.25, 0.3) is 0 Å². The SMILES string of the molecule is COc1cccc(S(=O)C/C=C/SSCc2ccc(Cl)cc2)c1. The molecule has 0 amide bonds. The Morgan fingerprint density at radius 2 is 2.00 bits per heavy atom. The molecule has 2 aromatic carbocycles. The zero-order valence-electron chi connectivity index (χ0n) is 12.6. The summed E-state index contributed by atoms with van der Waals surface area (Å²) in [5.41, 5.74) is 1.24. The molecule has 0 aromatic heterocycles. The van der Waals surface area contributed by atoms with Gasteiger partial charge in [0.1, 0.15) is 5.75 Å². The van der Waals surface area contributed by atoms with E-state index in [2.05, 4.69) is 0 Å². The summed E-state index contributed by atoms with van der Waals surface area (Å²) in [7, 11) is 3.94. The van der Waals surface area contributed by atoms with Crippen LogP contribution in [0.4, 0.5) is 0 Å². The first-order valence-electron chi connectivity index (χ1n) is 6.89. The molecule has 2 aromatic rings. The molecule has 2 nitrogen and oxygen atoms in total. The third-order valence-electron chi connectivity index (χ3n) is 2.91. The van der Waals surface area contributed by atoms with Gasteiger partial charge in [-0.2, -0.15) is 0 Å². The van der Waals surface area contributed by atoms with Crippen LogP contribution in [-0.4, -0.2) is 17.1 Å². The number of rotatable bonds is 8. The summed E-state index contributed by atoms with van der Waals surface area (Å²) >= 11 is 5.85. The number of benzene rings is 2. The number of hydrogen-bond donors (Lipinski definition) is 0. The van der Waals surface area contributed by atoms with Crippen LogP contribution in [0, 0.1) is 0 Å². The molecule has 0 fully saturated rings. The molecule has 0 spiro atoms. The predicted octanol–water partition coefficient (Wildman–Crippen LogP) is 5.55. The van der Waals surface area contributed by atoms with Gasteiger partial charge < -0.3 is 4.74 Å². The predicted molar refractivity (Wildman–Crippen MR) is 104 cm³/mol. The van der Waals surface area contributed by atoms with Crippen molar-refractivity contribution in [2.24, 2.45) is 0 Å². The molecule has 0 radical (unpaired) electrons. The first kappa shape index (κ1) is 18.5. The van der Waals surface area contributed by atoms with Crippen LogP contribution in [0.15, 0.2) is 64.9 Å². The maximum absolute atomic E-state index is 12.2. The summed E-state index contributed by atoms with van der Waals surface area (Å²) in [6, 6.07) is 15.2. The van der Waals surface area contributed by atoms with Gasteiger partial charge in [0, 0.05) is 21.4 Å². The second-order valence-corrected chi connectivity index (χ2v) is 8.75. The highest BCUT2D eigenvalue weighted by Crippen LogP contribution is 2.27. The lowest BCUT2D eigenvalue weighted by atomic mass is 10.2. The molecule has 2 rings (SSSR count). The monoisotopic (exact) mass is 384 g/mol. The molecule has 1 atom stereocenters. The van der Waals surface area contributed by atoms with Crippen molar-refractivity contribution in [2.45, 2.75) is 10.6 Å². The van der Waals surface area contributed by atoms with Gasteiger partial charge in [0.15, 0.2) is 0 Å². The van der Waals surface area contributed by atoms with Crippen LogP contribution in [-0.2, 0) is 16.6 Å². The van der Waals surface area contributed by atoms with Crippen molar-refractivity contribution in [3.8, 4) is 5.75 Å². The van der Waals surface area contributed by atoms with Crippen molar-refractivity contribution >= 4 is 44.0 Å². The molecule has 1 unspecified atom stereocenters. The largest absolute Gasteiger partial charge is 0.497 e. The van der Waals surface area contributed by atoms with Crippen molar-refractivity contribution in [3.63, 3.8) is 0 Å². The van der Waals surface area contributed by atoms with Crippen LogP contribution in [0.3, 0.4) is 0 Å². The van der Waals surface area contributed by atoms with Crippen LogP contribution >= 0.6 is 33.2 Å². The topological polar surface area (TPSA) is 26.3 Å². The highest BCUT2D eigenvalue weighted by atomic mass is 35.5. The van der Waals surface area contributed by atoms with E-state index >= 15 is 0 Å². The Bertz CT molecular complexity index is 672. The van der Waals surface area contributed by atoms with Gasteiger partial charge in [-0.15, -0.1) is 0 Å². The van der Waals surface area contributed by atoms with Gasteiger partial charge in [0.2, 0.25) is 0 Å². The van der Waals surface area contributed by atoms with E-state index in [9.17, 15) is 4.21 Å². The highest BCUT2D eigenvalue weighted by Gasteiger charge is 2.02. The fourth-order valence-corrected chi connectivity index (χ4v) is 4.65. The number of hydrogen-bond acceptors (Lipinski definition) is 4. The first-order chi connectivity index (χ1) is 11.2. The smallest absolute Gasteiger partial charge is 0.120 e. The van der Waals surface area contributed by atoms with Crippen LogP contribution in [0.1, 0.15) is 5.56 Å². The molecule has 0 saturated heterocycles. The van der Waals surface area contributed by atoms with E-state index < -0.39 is 10.8 Å². The first-order valence-corrected chi connectivity index (χ1v) is 11.0. The number of ether oxygens (including phenoxy) is 1. The average molecular weight is 385 g/mol. The van der Waals surface area contributed by atoms with E-state index in [-0.39, 0.29) is 0 Å². The van der Waals surface area contributed by atoms with E-state index in [1.54, 1.807) is 28.7 Å². The van der Waals surface area contributed by atoms with Gasteiger partial charge in [-0.05, 0) is 41.3 Å². The zero-order valence-corrected chi connectivity index (χ0v) is 15.8. The summed E-state index contributed by atoms with van der Waals surface area (Å²) in [5.74, 6) is 2.14. The highest BCUT2D eigenvalue weighted by molar-refractivity contribution is 8.77. The molecule has 6 heteroatoms. The Kier molecular flexibility index (Phi) is 8.09. The number of methoxy groups -OCH3 is 1. The van der Waals surface area contributed by atoms with E-state index in [0.717, 1.165) is 21.4 Å². The second-order valence-electron chi connectivity index (χ2n) is 4.55. The quantitative estimate of drug-likeness (QED) is 0.440. The van der Waals surface area contributed by atoms with Gasteiger partial charge in [-0.1, -0.05) is 57.5 Å². The molecule has 0 aliphatic rings. The molecule has 0 saturated carbocycles. The minimum Gasteiger partial charge on any atom is -0.497 e. The summed E-state index contributed by atoms with van der Waals surface area (Å²) in [5, 5.41) is 2.74. The van der Waals surface area contributed by atoms with Crippen molar-refractivity contribution in [1.29, 1.82) is 0 Å². The van der Waals surface area contributed by atoms with E-state index in [1.807, 2.05) is 60.0 Å². The summed E-state index contributed by atoms with van der Waals surface area (Å²) in [6.45, 7) is 0. The van der Waals surface area contributed by atoms with E-state index in [0.29, 0.717) is 5.75 Å². The molecule has 0 aliphatic carbocycles. The Morgan fingerprint density at radius 1 is 1.22 bits per heavy atom. The van der Waals surface area contributed by atoms with Crippen LogP contribution in [0.5, 0.6) is 5.75 Å². The summed E-state index contributed by atoms with van der Waals surface area (Å²) in [6.07, 6.45) is 1.94. The van der Waals surface area contributed by atoms with Gasteiger partial charge in [-0.25, -0.2) is 0 Å². The molecule has 0 aliphatic heterocycles. The Hall–Kier alpha value is -0.880. The summed E-state index contributed by atoms with van der Waals surface area (Å²) < 4.78 is 17.3. The molecule has 0 bridgehead atoms. The number of halogens is 1. The lowest BCUT2D eigenvalue weighted by Crippen LogP contribution is -1.95. The van der Waals surface area contributed by atoms with Gasteiger partial charge >= 0.3 is 0 Å². The average Bonchev–Trinajstić information content (AvgIpc) is 2.59. The van der Waals surface area contributed by atoms with Crippen LogP contribution < -0.4 is 4.74 Å². The molecule has 0 heterocycles. The van der Waals surface area contributed by atoms with Crippen molar-refractivity contribution in [1.82, 2.24) is 0 Å².